The number of benzene rings is 13. The highest BCUT2D eigenvalue weighted by Gasteiger charge is 2.44. The van der Waals surface area contributed by atoms with E-state index in [1.165, 1.54) is 59.5 Å². The maximum Gasteiger partial charge on any atom is 0.252 e. The van der Waals surface area contributed by atoms with Crippen molar-refractivity contribution in [2.45, 2.75) is 0 Å². The zero-order chi connectivity index (χ0) is 52.0. The minimum Gasteiger partial charge on any atom is -0.311 e. The van der Waals surface area contributed by atoms with Crippen molar-refractivity contribution >= 4 is 100 Å². The first-order chi connectivity index (χ1) is 39.1. The lowest BCUT2D eigenvalue weighted by Crippen LogP contribution is -2.61. The molecule has 13 aromatic carbocycles. The van der Waals surface area contributed by atoms with Gasteiger partial charge in [0.15, 0.2) is 5.82 Å². The highest BCUT2D eigenvalue weighted by atomic mass is 15.2. The van der Waals surface area contributed by atoms with E-state index >= 15 is 0 Å². The molecule has 0 atom stereocenters. The van der Waals surface area contributed by atoms with E-state index in [9.17, 15) is 0 Å². The van der Waals surface area contributed by atoms with Crippen molar-refractivity contribution in [1.29, 1.82) is 0 Å². The van der Waals surface area contributed by atoms with Crippen LogP contribution in [0, 0.1) is 0 Å². The Hall–Kier alpha value is -10.4. The van der Waals surface area contributed by atoms with Crippen LogP contribution in [0.5, 0.6) is 0 Å². The van der Waals surface area contributed by atoms with Gasteiger partial charge in [0.25, 0.3) is 6.71 Å². The van der Waals surface area contributed by atoms with Crippen LogP contribution in [0.25, 0.3) is 99.0 Å². The van der Waals surface area contributed by atoms with Gasteiger partial charge in [-0.15, -0.1) is 0 Å². The van der Waals surface area contributed by atoms with Gasteiger partial charge in [0.1, 0.15) is 0 Å². The van der Waals surface area contributed by atoms with Crippen molar-refractivity contribution in [3.8, 4) is 55.9 Å². The molecule has 4 nitrogen and oxygen atoms in total. The van der Waals surface area contributed by atoms with Crippen LogP contribution in [0.15, 0.2) is 285 Å². The minimum absolute atomic E-state index is 0.170. The number of nitrogens with zero attached hydrogens (tertiary/aromatic N) is 4. The van der Waals surface area contributed by atoms with E-state index in [-0.39, 0.29) is 6.71 Å². The van der Waals surface area contributed by atoms with Gasteiger partial charge in [-0.3, -0.25) is 0 Å². The second-order valence-corrected chi connectivity index (χ2v) is 21.0. The van der Waals surface area contributed by atoms with E-state index in [2.05, 4.69) is 277 Å². The van der Waals surface area contributed by atoms with Crippen LogP contribution in [0.2, 0.25) is 0 Å². The van der Waals surface area contributed by atoms with Gasteiger partial charge in [0, 0.05) is 52.1 Å². The number of fused-ring (bicyclic) bond motifs is 8. The Morgan fingerprint density at radius 2 is 0.570 bits per heavy atom. The summed E-state index contributed by atoms with van der Waals surface area (Å²) in [5.74, 6) is 0.663. The van der Waals surface area contributed by atoms with Crippen molar-refractivity contribution in [3.05, 3.63) is 285 Å². The second kappa shape index (κ2) is 18.2. The molecule has 14 aromatic rings. The summed E-state index contributed by atoms with van der Waals surface area (Å²) in [4.78, 5) is 15.1. The third-order valence-electron chi connectivity index (χ3n) is 16.3. The van der Waals surface area contributed by atoms with Crippen LogP contribution in [0.3, 0.4) is 0 Å². The number of rotatable bonds is 7. The van der Waals surface area contributed by atoms with Gasteiger partial charge >= 0.3 is 0 Å². The van der Waals surface area contributed by atoms with E-state index in [0.29, 0.717) is 5.82 Å². The van der Waals surface area contributed by atoms with Crippen molar-refractivity contribution < 1.29 is 0 Å². The molecule has 366 valence electrons. The molecule has 0 spiro atoms. The molecule has 0 radical (unpaired) electrons. The highest BCUT2D eigenvalue weighted by molar-refractivity contribution is 7.00. The zero-order valence-electron chi connectivity index (χ0n) is 43.0. The lowest BCUT2D eigenvalue weighted by molar-refractivity contribution is 1.17. The molecule has 0 bridgehead atoms. The molecule has 0 amide bonds. The molecule has 0 fully saturated rings. The standard InChI is InChI=1S/C74H47BN4/c1-5-18-48(19-6-1)56-36-57(49-20-7-2-8-21-49)39-65(38-56)78-69-44-62-34-54-28-15-13-26-52(54)32-60(62)42-67(69)75-68-43-61-33-53-27-14-16-29-55(53)35-63(61)45-70(68)79(72-47-64(46-71(78)73(72)75)74-76-30-17-31-77-74)66-40-58(50-22-9-3-10-23-50)37-59(41-66)51-24-11-4-12-25-51/h1-47H. The molecule has 5 heteroatoms. The third kappa shape index (κ3) is 7.62. The minimum atomic E-state index is -0.170. The number of hydrogen-bond acceptors (Lipinski definition) is 4. The van der Waals surface area contributed by atoms with Crippen LogP contribution >= 0.6 is 0 Å². The summed E-state index contributed by atoms with van der Waals surface area (Å²) in [5, 5.41) is 9.66. The van der Waals surface area contributed by atoms with Crippen molar-refractivity contribution in [1.82, 2.24) is 9.97 Å². The van der Waals surface area contributed by atoms with E-state index in [0.717, 1.165) is 84.2 Å². The summed E-state index contributed by atoms with van der Waals surface area (Å²) in [7, 11) is 0. The summed E-state index contributed by atoms with van der Waals surface area (Å²) < 4.78 is 0. The molecule has 0 aliphatic carbocycles. The van der Waals surface area contributed by atoms with Gasteiger partial charge in [-0.05, 0) is 195 Å². The monoisotopic (exact) mass is 1000 g/mol. The second-order valence-electron chi connectivity index (χ2n) is 21.0. The van der Waals surface area contributed by atoms with Crippen LogP contribution in [-0.4, -0.2) is 16.7 Å². The smallest absolute Gasteiger partial charge is 0.252 e. The topological polar surface area (TPSA) is 32.3 Å². The fourth-order valence-corrected chi connectivity index (χ4v) is 12.7. The first kappa shape index (κ1) is 44.9. The maximum atomic E-state index is 5.00. The Morgan fingerprint density at radius 1 is 0.241 bits per heavy atom. The molecular weight excluding hydrogens is 956 g/mol. The Bertz CT molecular complexity index is 4330. The van der Waals surface area contributed by atoms with Gasteiger partial charge in [-0.2, -0.15) is 0 Å². The number of hydrogen-bond donors (Lipinski definition) is 0. The highest BCUT2D eigenvalue weighted by Crippen LogP contribution is 2.49. The Balaban J connectivity index is 1.06. The third-order valence-corrected chi connectivity index (χ3v) is 16.3. The van der Waals surface area contributed by atoms with Crippen LogP contribution < -0.4 is 26.2 Å². The molecule has 0 saturated heterocycles. The number of aromatic nitrogens is 2. The van der Waals surface area contributed by atoms with E-state index < -0.39 is 0 Å². The van der Waals surface area contributed by atoms with Crippen molar-refractivity contribution in [2.24, 2.45) is 0 Å². The summed E-state index contributed by atoms with van der Waals surface area (Å²) in [6.45, 7) is -0.170. The number of anilines is 6. The van der Waals surface area contributed by atoms with Gasteiger partial charge in [0.2, 0.25) is 0 Å². The maximum absolute atomic E-state index is 5.00. The Labute approximate surface area is 458 Å². The fourth-order valence-electron chi connectivity index (χ4n) is 12.7. The van der Waals surface area contributed by atoms with Gasteiger partial charge < -0.3 is 9.80 Å². The summed E-state index contributed by atoms with van der Waals surface area (Å²) >= 11 is 0. The average Bonchev–Trinajstić information content (AvgIpc) is 3.67. The quantitative estimate of drug-likeness (QED) is 0.118. The first-order valence-corrected chi connectivity index (χ1v) is 27.1. The van der Waals surface area contributed by atoms with Crippen molar-refractivity contribution in [2.75, 3.05) is 9.80 Å². The van der Waals surface area contributed by atoms with E-state index in [1.54, 1.807) is 0 Å². The van der Waals surface area contributed by atoms with E-state index in [4.69, 9.17) is 9.97 Å². The predicted molar refractivity (Wildman–Crippen MR) is 333 cm³/mol. The summed E-state index contributed by atoms with van der Waals surface area (Å²) in [6, 6.07) is 101. The van der Waals surface area contributed by atoms with Crippen LogP contribution in [0.1, 0.15) is 0 Å². The molecule has 3 heterocycles. The lowest BCUT2D eigenvalue weighted by atomic mass is 9.33. The Kier molecular flexibility index (Phi) is 10.3. The summed E-state index contributed by atoms with van der Waals surface area (Å²) in [5.41, 5.74) is 20.4. The van der Waals surface area contributed by atoms with Gasteiger partial charge in [-0.1, -0.05) is 182 Å². The first-order valence-electron chi connectivity index (χ1n) is 27.1. The predicted octanol–water partition coefficient (Wildman–Crippen LogP) is 17.5. The molecule has 0 saturated carbocycles. The Morgan fingerprint density at radius 3 is 0.924 bits per heavy atom. The van der Waals surface area contributed by atoms with Gasteiger partial charge in [-0.25, -0.2) is 9.97 Å². The largest absolute Gasteiger partial charge is 0.311 e. The molecule has 1 aromatic heterocycles. The fraction of sp³-hybridized carbons (Fsp3) is 0. The lowest BCUT2D eigenvalue weighted by Gasteiger charge is -2.45. The molecule has 2 aliphatic heterocycles. The molecule has 0 unspecified atom stereocenters. The molecule has 16 rings (SSSR count). The molecular formula is C74H47BN4. The SMILES string of the molecule is c1ccc(-c2cc(-c3ccccc3)cc(N3c4cc5cc6ccccc6cc5cc4B4c5cc6cc7ccccc7cc6cc5N(c5cc(-c6ccccc6)cc(-c6ccccc6)c5)c5cc(-c6ncccn6)cc3c54)c2)cc1. The van der Waals surface area contributed by atoms with Crippen molar-refractivity contribution in [3.63, 3.8) is 0 Å². The van der Waals surface area contributed by atoms with Crippen LogP contribution in [0.4, 0.5) is 34.1 Å². The average molecular weight is 1000 g/mol. The normalized spacial score (nSPS) is 12.5. The van der Waals surface area contributed by atoms with E-state index in [1.807, 2.05) is 18.5 Å². The molecule has 0 N–H and O–H groups in total. The van der Waals surface area contributed by atoms with Crippen LogP contribution in [-0.2, 0) is 0 Å². The molecule has 79 heavy (non-hydrogen) atoms. The summed E-state index contributed by atoms with van der Waals surface area (Å²) in [6.07, 6.45) is 3.71. The zero-order valence-corrected chi connectivity index (χ0v) is 43.0. The molecule has 2 aliphatic rings. The van der Waals surface area contributed by atoms with Gasteiger partial charge in [0.05, 0.1) is 0 Å².